The number of carbonyl (C=O) groups is 1. The molecule has 0 bridgehead atoms. The molecule has 0 fully saturated rings. The quantitative estimate of drug-likeness (QED) is 0.748. The Labute approximate surface area is 86.8 Å². The predicted octanol–water partition coefficient (Wildman–Crippen LogP) is 0.683. The molecule has 3 N–H and O–H groups in total. The zero-order valence-electron chi connectivity index (χ0n) is 7.99. The van der Waals surface area contributed by atoms with Crippen molar-refractivity contribution < 1.29 is 14.6 Å². The fraction of sp³-hybridized carbons (Fsp3) is 0.300. The van der Waals surface area contributed by atoms with Crippen molar-refractivity contribution in [3.05, 3.63) is 18.2 Å². The number of aliphatic hydroxyl groups is 1. The summed E-state index contributed by atoms with van der Waals surface area (Å²) in [5.41, 5.74) is 8.22. The van der Waals surface area contributed by atoms with E-state index in [-0.39, 0.29) is 18.9 Å². The predicted molar refractivity (Wildman–Crippen MR) is 53.9 cm³/mol. The molecular formula is C10H11N2O3. The highest BCUT2D eigenvalue weighted by Gasteiger charge is 2.26. The van der Waals surface area contributed by atoms with E-state index in [0.717, 1.165) is 0 Å². The van der Waals surface area contributed by atoms with Gasteiger partial charge < -0.3 is 20.9 Å². The Bertz CT molecular complexity index is 392. The molecule has 0 spiro atoms. The van der Waals surface area contributed by atoms with Crippen LogP contribution in [0, 0.1) is 0 Å². The number of carbonyl (C=O) groups excluding carboxylic acids is 1. The van der Waals surface area contributed by atoms with Crippen molar-refractivity contribution >= 4 is 17.3 Å². The van der Waals surface area contributed by atoms with Gasteiger partial charge in [0, 0.05) is 13.0 Å². The Morgan fingerprint density at radius 1 is 1.53 bits per heavy atom. The van der Waals surface area contributed by atoms with Gasteiger partial charge in [-0.15, -0.1) is 0 Å². The fourth-order valence-corrected chi connectivity index (χ4v) is 1.46. The van der Waals surface area contributed by atoms with Crippen molar-refractivity contribution in [2.75, 3.05) is 11.9 Å². The molecule has 79 valence electrons. The summed E-state index contributed by atoms with van der Waals surface area (Å²) in [6.07, 6.45) is -0.368. The van der Waals surface area contributed by atoms with Crippen molar-refractivity contribution in [2.45, 2.75) is 12.5 Å². The van der Waals surface area contributed by atoms with Gasteiger partial charge in [0.05, 0.1) is 11.4 Å². The van der Waals surface area contributed by atoms with Crippen LogP contribution in [0.3, 0.4) is 0 Å². The Morgan fingerprint density at radius 2 is 2.33 bits per heavy atom. The number of hydrogen-bond donors (Lipinski definition) is 2. The van der Waals surface area contributed by atoms with E-state index in [4.69, 9.17) is 15.6 Å². The van der Waals surface area contributed by atoms with Crippen LogP contribution in [0.5, 0.6) is 5.75 Å². The lowest BCUT2D eigenvalue weighted by Gasteiger charge is -2.25. The van der Waals surface area contributed by atoms with Gasteiger partial charge in [0.25, 0.3) is 5.91 Å². The minimum absolute atomic E-state index is 0.0933. The largest absolute Gasteiger partial charge is 0.478 e. The van der Waals surface area contributed by atoms with Crippen LogP contribution in [0.1, 0.15) is 6.42 Å². The van der Waals surface area contributed by atoms with E-state index in [1.165, 1.54) is 6.07 Å². The van der Waals surface area contributed by atoms with E-state index < -0.39 is 6.10 Å². The Hall–Kier alpha value is -1.75. The molecule has 1 unspecified atom stereocenters. The zero-order chi connectivity index (χ0) is 10.8. The van der Waals surface area contributed by atoms with Crippen LogP contribution in [-0.4, -0.2) is 23.7 Å². The molecule has 15 heavy (non-hydrogen) atoms. The highest BCUT2D eigenvalue weighted by atomic mass is 16.5. The number of nitrogens with one attached hydrogen (secondary N) is 2. The van der Waals surface area contributed by atoms with E-state index in [2.05, 4.69) is 5.32 Å². The van der Waals surface area contributed by atoms with Gasteiger partial charge in [0.2, 0.25) is 0 Å². The zero-order valence-corrected chi connectivity index (χ0v) is 7.99. The Morgan fingerprint density at radius 3 is 3.07 bits per heavy atom. The van der Waals surface area contributed by atoms with E-state index in [0.29, 0.717) is 17.1 Å². The number of ether oxygens (including phenoxy) is 1. The highest BCUT2D eigenvalue weighted by Crippen LogP contribution is 2.32. The molecule has 2 rings (SSSR count). The molecule has 1 aliphatic rings. The summed E-state index contributed by atoms with van der Waals surface area (Å²) in [7, 11) is 0. The van der Waals surface area contributed by atoms with Crippen molar-refractivity contribution in [1.29, 1.82) is 0 Å². The van der Waals surface area contributed by atoms with Gasteiger partial charge in [-0.05, 0) is 18.2 Å². The molecule has 1 radical (unpaired) electrons. The number of benzene rings is 1. The van der Waals surface area contributed by atoms with Gasteiger partial charge in [-0.3, -0.25) is 4.79 Å². The lowest BCUT2D eigenvalue weighted by atomic mass is 10.1. The molecule has 5 heteroatoms. The maximum atomic E-state index is 11.4. The smallest absolute Gasteiger partial charge is 0.265 e. The second-order valence-electron chi connectivity index (χ2n) is 3.32. The first-order chi connectivity index (χ1) is 7.20. The second kappa shape index (κ2) is 3.78. The molecule has 1 aliphatic heterocycles. The standard InChI is InChI=1S/C10H11N2O3/c11-6-1-2-8-7(5-6)12-10(14)9(15-8)3-4-13/h1-2,5,9,11,13H,3-4H2,(H,12,14). The first-order valence-corrected chi connectivity index (χ1v) is 4.65. The van der Waals surface area contributed by atoms with Crippen LogP contribution >= 0.6 is 0 Å². The molecular weight excluding hydrogens is 196 g/mol. The van der Waals surface area contributed by atoms with Crippen LogP contribution in [0.4, 0.5) is 11.4 Å². The SMILES string of the molecule is [NH]c1ccc2c(c1)NC(=O)C(CCO)O2. The van der Waals surface area contributed by atoms with Crippen molar-refractivity contribution in [1.82, 2.24) is 5.73 Å². The average molecular weight is 207 g/mol. The summed E-state index contributed by atoms with van der Waals surface area (Å²) in [5, 5.41) is 11.4. The molecule has 0 aliphatic carbocycles. The maximum absolute atomic E-state index is 11.4. The third-order valence-corrected chi connectivity index (χ3v) is 2.19. The summed E-state index contributed by atoms with van der Waals surface area (Å²) < 4.78 is 5.38. The van der Waals surface area contributed by atoms with E-state index in [9.17, 15) is 4.79 Å². The molecule has 1 amide bonds. The summed E-state index contributed by atoms with van der Waals surface area (Å²) >= 11 is 0. The van der Waals surface area contributed by atoms with Crippen LogP contribution in [0.25, 0.3) is 0 Å². The summed E-state index contributed by atoms with van der Waals surface area (Å²) in [4.78, 5) is 11.4. The highest BCUT2D eigenvalue weighted by molar-refractivity contribution is 5.98. The van der Waals surface area contributed by atoms with Gasteiger partial charge in [-0.25, -0.2) is 0 Å². The Kier molecular flexibility index (Phi) is 2.47. The van der Waals surface area contributed by atoms with Crippen LogP contribution in [-0.2, 0) is 4.79 Å². The van der Waals surface area contributed by atoms with E-state index in [1.54, 1.807) is 12.1 Å². The monoisotopic (exact) mass is 207 g/mol. The molecule has 0 saturated carbocycles. The molecule has 1 aromatic rings. The van der Waals surface area contributed by atoms with Crippen molar-refractivity contribution in [3.8, 4) is 5.75 Å². The average Bonchev–Trinajstić information content (AvgIpc) is 2.20. The van der Waals surface area contributed by atoms with E-state index in [1.807, 2.05) is 0 Å². The topological polar surface area (TPSA) is 82.4 Å². The molecule has 1 aromatic carbocycles. The summed E-state index contributed by atoms with van der Waals surface area (Å²) in [6, 6.07) is 4.76. The number of fused-ring (bicyclic) bond motifs is 1. The molecule has 1 heterocycles. The van der Waals surface area contributed by atoms with Crippen molar-refractivity contribution in [3.63, 3.8) is 0 Å². The number of aliphatic hydroxyl groups excluding tert-OH is 1. The minimum Gasteiger partial charge on any atom is -0.478 e. The van der Waals surface area contributed by atoms with Crippen molar-refractivity contribution in [2.24, 2.45) is 0 Å². The minimum atomic E-state index is -0.640. The number of amides is 1. The third kappa shape index (κ3) is 1.87. The van der Waals surface area contributed by atoms with E-state index >= 15 is 0 Å². The number of rotatable bonds is 2. The lowest BCUT2D eigenvalue weighted by molar-refractivity contribution is -0.124. The number of hydrogen-bond acceptors (Lipinski definition) is 3. The maximum Gasteiger partial charge on any atom is 0.265 e. The summed E-state index contributed by atoms with van der Waals surface area (Å²) in [5.74, 6) is 0.270. The van der Waals surface area contributed by atoms with Gasteiger partial charge in [-0.1, -0.05) is 0 Å². The second-order valence-corrected chi connectivity index (χ2v) is 3.32. The van der Waals surface area contributed by atoms with Crippen LogP contribution in [0.2, 0.25) is 0 Å². The molecule has 5 nitrogen and oxygen atoms in total. The lowest BCUT2D eigenvalue weighted by Crippen LogP contribution is -2.37. The van der Waals surface area contributed by atoms with Gasteiger partial charge in [-0.2, -0.15) is 0 Å². The fourth-order valence-electron chi connectivity index (χ4n) is 1.46. The third-order valence-electron chi connectivity index (χ3n) is 2.19. The Balaban J connectivity index is 2.26. The molecule has 0 saturated heterocycles. The first-order valence-electron chi connectivity index (χ1n) is 4.65. The summed E-state index contributed by atoms with van der Waals surface area (Å²) in [6.45, 7) is -0.0933. The van der Waals surface area contributed by atoms with Crippen LogP contribution < -0.4 is 15.8 Å². The first kappa shape index (κ1) is 9.79. The normalized spacial score (nSPS) is 19.0. The van der Waals surface area contributed by atoms with Gasteiger partial charge in [0.1, 0.15) is 5.75 Å². The van der Waals surface area contributed by atoms with Gasteiger partial charge in [0.15, 0.2) is 6.10 Å². The van der Waals surface area contributed by atoms with Gasteiger partial charge >= 0.3 is 0 Å². The van der Waals surface area contributed by atoms with Crippen LogP contribution in [0.15, 0.2) is 18.2 Å². The number of anilines is 1. The molecule has 0 aromatic heterocycles. The molecule has 1 atom stereocenters.